The number of para-hydroxylation sites is 1. The summed E-state index contributed by atoms with van der Waals surface area (Å²) < 4.78 is 13.5. The topological polar surface area (TPSA) is 57.1 Å². The van der Waals surface area contributed by atoms with Crippen molar-refractivity contribution in [2.45, 2.75) is 19.3 Å². The van der Waals surface area contributed by atoms with Crippen LogP contribution in [0.3, 0.4) is 0 Å². The number of ether oxygens (including phenoxy) is 2. The zero-order chi connectivity index (χ0) is 38.1. The van der Waals surface area contributed by atoms with Crippen molar-refractivity contribution in [3.05, 3.63) is 187 Å². The van der Waals surface area contributed by atoms with Gasteiger partial charge in [-0.15, -0.1) is 0 Å². The lowest BCUT2D eigenvalue weighted by atomic mass is 9.82. The standard InChI is InChI=1S/C52H35N3O2/c1-52(2)42-22-12-11-20-41(42)46-43(52)30-31-45-48(46)57-47-37(21-13-23-44(47)56-45)33-24-26-35(27-25-33)50-53-49(34-16-7-4-8-17-34)54-51(55-50)40-29-28-36(32-14-5-3-6-15-32)38-18-9-10-19-39(38)40/h3-31H,1-2H3. The Morgan fingerprint density at radius 2 is 0.895 bits per heavy atom. The van der Waals surface area contributed by atoms with Crippen molar-refractivity contribution in [1.82, 2.24) is 15.0 Å². The van der Waals surface area contributed by atoms with Gasteiger partial charge in [-0.05, 0) is 62.4 Å². The van der Waals surface area contributed by atoms with Crippen LogP contribution in [-0.2, 0) is 5.41 Å². The summed E-state index contributed by atoms with van der Waals surface area (Å²) in [6.07, 6.45) is 0. The molecule has 0 atom stereocenters. The number of aromatic nitrogens is 3. The molecule has 1 aromatic heterocycles. The Hall–Kier alpha value is -7.37. The number of hydrogen-bond acceptors (Lipinski definition) is 5. The normalized spacial score (nSPS) is 13.2. The minimum absolute atomic E-state index is 0.145. The Kier molecular flexibility index (Phi) is 7.45. The van der Waals surface area contributed by atoms with Crippen molar-refractivity contribution < 1.29 is 9.47 Å². The van der Waals surface area contributed by atoms with Gasteiger partial charge in [-0.1, -0.05) is 172 Å². The highest BCUT2D eigenvalue weighted by molar-refractivity contribution is 6.04. The molecular weight excluding hydrogens is 699 g/mol. The molecule has 5 nitrogen and oxygen atoms in total. The van der Waals surface area contributed by atoms with Gasteiger partial charge >= 0.3 is 0 Å². The zero-order valence-corrected chi connectivity index (χ0v) is 31.4. The molecule has 2 aliphatic rings. The largest absolute Gasteiger partial charge is 0.449 e. The minimum Gasteiger partial charge on any atom is -0.449 e. The van der Waals surface area contributed by atoms with Gasteiger partial charge in [0.15, 0.2) is 40.5 Å². The van der Waals surface area contributed by atoms with Crippen molar-refractivity contribution in [2.24, 2.45) is 0 Å². The third kappa shape index (κ3) is 5.35. The Morgan fingerprint density at radius 1 is 0.351 bits per heavy atom. The van der Waals surface area contributed by atoms with E-state index in [0.717, 1.165) is 55.7 Å². The predicted octanol–water partition coefficient (Wildman–Crippen LogP) is 13.6. The first-order valence-corrected chi connectivity index (χ1v) is 19.3. The van der Waals surface area contributed by atoms with Crippen molar-refractivity contribution in [2.75, 3.05) is 0 Å². The van der Waals surface area contributed by atoms with Crippen LogP contribution < -0.4 is 9.47 Å². The summed E-state index contributed by atoms with van der Waals surface area (Å²) in [5.41, 5.74) is 11.7. The van der Waals surface area contributed by atoms with Gasteiger partial charge in [-0.3, -0.25) is 0 Å². The van der Waals surface area contributed by atoms with E-state index in [9.17, 15) is 0 Å². The van der Waals surface area contributed by atoms with Crippen LogP contribution in [0, 0.1) is 0 Å². The number of fused-ring (bicyclic) bond motifs is 7. The molecule has 0 spiro atoms. The van der Waals surface area contributed by atoms with Gasteiger partial charge in [0.1, 0.15) is 0 Å². The third-order valence-corrected chi connectivity index (χ3v) is 11.4. The van der Waals surface area contributed by atoms with E-state index in [0.29, 0.717) is 29.0 Å². The quantitative estimate of drug-likeness (QED) is 0.176. The maximum Gasteiger partial charge on any atom is 0.178 e. The molecule has 5 heteroatoms. The van der Waals surface area contributed by atoms with Gasteiger partial charge in [-0.25, -0.2) is 15.0 Å². The molecule has 57 heavy (non-hydrogen) atoms. The second-order valence-electron chi connectivity index (χ2n) is 15.1. The molecule has 1 aliphatic carbocycles. The molecule has 2 heterocycles. The highest BCUT2D eigenvalue weighted by Crippen LogP contribution is 2.59. The predicted molar refractivity (Wildman–Crippen MR) is 229 cm³/mol. The molecule has 11 rings (SSSR count). The van der Waals surface area contributed by atoms with Gasteiger partial charge in [0, 0.05) is 33.2 Å². The maximum absolute atomic E-state index is 6.91. The lowest BCUT2D eigenvalue weighted by Crippen LogP contribution is -2.15. The summed E-state index contributed by atoms with van der Waals surface area (Å²) in [5.74, 6) is 4.72. The Morgan fingerprint density at radius 3 is 1.65 bits per heavy atom. The van der Waals surface area contributed by atoms with Gasteiger partial charge < -0.3 is 9.47 Å². The van der Waals surface area contributed by atoms with E-state index in [1.165, 1.54) is 27.8 Å². The summed E-state index contributed by atoms with van der Waals surface area (Å²) in [6, 6.07) is 60.6. The molecule has 0 saturated carbocycles. The zero-order valence-electron chi connectivity index (χ0n) is 31.4. The number of hydrogen-bond donors (Lipinski definition) is 0. The number of benzene rings is 8. The van der Waals surface area contributed by atoms with Crippen LogP contribution in [0.1, 0.15) is 25.0 Å². The maximum atomic E-state index is 6.91. The van der Waals surface area contributed by atoms with Crippen molar-refractivity contribution in [3.63, 3.8) is 0 Å². The highest BCUT2D eigenvalue weighted by atomic mass is 16.6. The molecule has 0 fully saturated rings. The number of nitrogens with zero attached hydrogens (tertiary/aromatic N) is 3. The fourth-order valence-electron chi connectivity index (χ4n) is 8.58. The lowest BCUT2D eigenvalue weighted by molar-refractivity contribution is 0.361. The van der Waals surface area contributed by atoms with E-state index in [2.05, 4.69) is 135 Å². The van der Waals surface area contributed by atoms with Gasteiger partial charge in [0.25, 0.3) is 0 Å². The second kappa shape index (κ2) is 12.9. The molecule has 0 saturated heterocycles. The van der Waals surface area contributed by atoms with Gasteiger partial charge in [-0.2, -0.15) is 0 Å². The van der Waals surface area contributed by atoms with Crippen LogP contribution in [0.4, 0.5) is 0 Å². The number of rotatable bonds is 5. The molecule has 0 bridgehead atoms. The van der Waals surface area contributed by atoms with E-state index in [1.54, 1.807) is 0 Å². The fourth-order valence-corrected chi connectivity index (χ4v) is 8.58. The average Bonchev–Trinajstić information content (AvgIpc) is 3.51. The lowest BCUT2D eigenvalue weighted by Gasteiger charge is -2.26. The summed E-state index contributed by atoms with van der Waals surface area (Å²) in [4.78, 5) is 15.3. The SMILES string of the molecule is CC1(C)c2ccccc2-c2c1ccc1c2Oc2c(cccc2-c2ccc(-c3nc(-c4ccccc4)nc(-c4ccc(-c5ccccc5)c5ccccc45)n3)cc2)O1. The monoisotopic (exact) mass is 733 g/mol. The molecule has 8 aromatic carbocycles. The first-order chi connectivity index (χ1) is 28.0. The Balaban J connectivity index is 0.996. The van der Waals surface area contributed by atoms with Gasteiger partial charge in [0.2, 0.25) is 0 Å². The van der Waals surface area contributed by atoms with Crippen molar-refractivity contribution >= 4 is 10.8 Å². The van der Waals surface area contributed by atoms with Crippen LogP contribution >= 0.6 is 0 Å². The van der Waals surface area contributed by atoms with Crippen molar-refractivity contribution in [1.29, 1.82) is 0 Å². The van der Waals surface area contributed by atoms with Crippen LogP contribution in [0.15, 0.2) is 176 Å². The van der Waals surface area contributed by atoms with Crippen LogP contribution in [0.5, 0.6) is 23.0 Å². The molecule has 0 radical (unpaired) electrons. The Labute approximate surface area is 330 Å². The Bertz CT molecular complexity index is 3030. The van der Waals surface area contributed by atoms with Gasteiger partial charge in [0.05, 0.1) is 0 Å². The summed E-state index contributed by atoms with van der Waals surface area (Å²) in [7, 11) is 0. The third-order valence-electron chi connectivity index (χ3n) is 11.4. The highest BCUT2D eigenvalue weighted by Gasteiger charge is 2.39. The van der Waals surface area contributed by atoms with E-state index >= 15 is 0 Å². The van der Waals surface area contributed by atoms with E-state index in [4.69, 9.17) is 24.4 Å². The molecule has 0 unspecified atom stereocenters. The molecule has 0 amide bonds. The van der Waals surface area contributed by atoms with Crippen LogP contribution in [-0.4, -0.2) is 15.0 Å². The second-order valence-corrected chi connectivity index (χ2v) is 15.1. The van der Waals surface area contributed by atoms with Crippen LogP contribution in [0.2, 0.25) is 0 Å². The molecule has 0 N–H and O–H groups in total. The summed E-state index contributed by atoms with van der Waals surface area (Å²) >= 11 is 0. The molecular formula is C52H35N3O2. The summed E-state index contributed by atoms with van der Waals surface area (Å²) in [5, 5.41) is 2.23. The smallest absolute Gasteiger partial charge is 0.178 e. The van der Waals surface area contributed by atoms with Crippen LogP contribution in [0.25, 0.3) is 78.3 Å². The molecule has 270 valence electrons. The van der Waals surface area contributed by atoms with E-state index < -0.39 is 0 Å². The van der Waals surface area contributed by atoms with E-state index in [1.807, 2.05) is 54.6 Å². The fraction of sp³-hybridized carbons (Fsp3) is 0.0577. The molecule has 9 aromatic rings. The van der Waals surface area contributed by atoms with E-state index in [-0.39, 0.29) is 5.41 Å². The first-order valence-electron chi connectivity index (χ1n) is 19.3. The average molecular weight is 734 g/mol. The first kappa shape index (κ1) is 33.0. The molecule has 1 aliphatic heterocycles. The van der Waals surface area contributed by atoms with Crippen molar-refractivity contribution in [3.8, 4) is 90.5 Å². The minimum atomic E-state index is -0.145. The summed E-state index contributed by atoms with van der Waals surface area (Å²) in [6.45, 7) is 4.55.